The third-order valence-electron chi connectivity index (χ3n) is 2.36. The lowest BCUT2D eigenvalue weighted by Gasteiger charge is -2.08. The molecule has 0 saturated heterocycles. The van der Waals surface area contributed by atoms with Gasteiger partial charge in [-0.15, -0.1) is 0 Å². The molecule has 15 heavy (non-hydrogen) atoms. The summed E-state index contributed by atoms with van der Waals surface area (Å²) < 4.78 is 13.6. The van der Waals surface area contributed by atoms with Gasteiger partial charge in [-0.1, -0.05) is 6.92 Å². The van der Waals surface area contributed by atoms with Crippen molar-refractivity contribution in [3.05, 3.63) is 22.4 Å². The van der Waals surface area contributed by atoms with Crippen molar-refractivity contribution >= 4 is 33.2 Å². The van der Waals surface area contributed by atoms with E-state index in [1.807, 2.05) is 6.92 Å². The van der Waals surface area contributed by atoms with Crippen molar-refractivity contribution in [2.45, 2.75) is 6.92 Å². The maximum absolute atomic E-state index is 13.2. The van der Waals surface area contributed by atoms with E-state index in [1.165, 1.54) is 6.07 Å². The van der Waals surface area contributed by atoms with Crippen LogP contribution < -0.4 is 10.6 Å². The normalized spacial score (nSPS) is 19.9. The van der Waals surface area contributed by atoms with Gasteiger partial charge in [-0.2, -0.15) is 0 Å². The highest BCUT2D eigenvalue weighted by molar-refractivity contribution is 9.10. The average molecular weight is 273 g/mol. The van der Waals surface area contributed by atoms with Crippen LogP contribution in [0.25, 0.3) is 0 Å². The number of hydrogen-bond donors (Lipinski definition) is 2. The molecule has 0 aliphatic carbocycles. The minimum absolute atomic E-state index is 0.0945. The van der Waals surface area contributed by atoms with Gasteiger partial charge in [-0.25, -0.2) is 4.39 Å². The lowest BCUT2D eigenvalue weighted by molar-refractivity contribution is -0.118. The minimum atomic E-state index is -0.384. The molecule has 1 unspecified atom stereocenters. The fourth-order valence-electron chi connectivity index (χ4n) is 1.41. The maximum Gasteiger partial charge on any atom is 0.229 e. The molecule has 1 amide bonds. The molecule has 80 valence electrons. The van der Waals surface area contributed by atoms with E-state index >= 15 is 0 Å². The Balaban J connectivity index is 2.43. The van der Waals surface area contributed by atoms with E-state index in [1.54, 1.807) is 6.07 Å². The number of halogens is 2. The Morgan fingerprint density at radius 3 is 2.93 bits per heavy atom. The van der Waals surface area contributed by atoms with Crippen molar-refractivity contribution in [3.63, 3.8) is 0 Å². The maximum atomic E-state index is 13.2. The predicted octanol–water partition coefficient (Wildman–Crippen LogP) is 2.59. The molecule has 2 rings (SSSR count). The molecule has 0 radical (unpaired) electrons. The Bertz CT molecular complexity index is 422. The summed E-state index contributed by atoms with van der Waals surface area (Å²) in [5.74, 6) is -0.604. The van der Waals surface area contributed by atoms with Crippen molar-refractivity contribution in [2.75, 3.05) is 17.2 Å². The first-order valence-corrected chi connectivity index (χ1v) is 5.41. The van der Waals surface area contributed by atoms with Crippen LogP contribution in [-0.4, -0.2) is 12.5 Å². The zero-order valence-corrected chi connectivity index (χ0v) is 9.69. The lowest BCUT2D eigenvalue weighted by Crippen LogP contribution is -2.22. The van der Waals surface area contributed by atoms with Crippen LogP contribution in [0.3, 0.4) is 0 Å². The number of fused-ring (bicyclic) bond motifs is 1. The van der Waals surface area contributed by atoms with Gasteiger partial charge in [0.2, 0.25) is 5.91 Å². The molecule has 0 aromatic heterocycles. The van der Waals surface area contributed by atoms with Crippen molar-refractivity contribution < 1.29 is 9.18 Å². The molecule has 3 nitrogen and oxygen atoms in total. The number of carbonyl (C=O) groups is 1. The van der Waals surface area contributed by atoms with Crippen LogP contribution in [0.4, 0.5) is 15.8 Å². The second-order valence-corrected chi connectivity index (χ2v) is 4.44. The summed E-state index contributed by atoms with van der Waals surface area (Å²) >= 11 is 3.10. The molecule has 5 heteroatoms. The van der Waals surface area contributed by atoms with E-state index in [0.29, 0.717) is 16.7 Å². The number of carbonyl (C=O) groups excluding carboxylic acids is 1. The van der Waals surface area contributed by atoms with Crippen LogP contribution in [0.1, 0.15) is 6.92 Å². The van der Waals surface area contributed by atoms with E-state index in [4.69, 9.17) is 0 Å². The van der Waals surface area contributed by atoms with E-state index in [0.717, 1.165) is 5.69 Å². The minimum Gasteiger partial charge on any atom is -0.383 e. The number of hydrogen-bond acceptors (Lipinski definition) is 2. The standard InChI is InChI=1S/C10H10BrFN2O/c1-5-4-13-8-2-6(11)7(12)3-9(8)14-10(5)15/h2-3,5,13H,4H2,1H3,(H,14,15). The molecular weight excluding hydrogens is 263 g/mol. The first kappa shape index (κ1) is 10.4. The topological polar surface area (TPSA) is 41.1 Å². The predicted molar refractivity (Wildman–Crippen MR) is 60.4 cm³/mol. The summed E-state index contributed by atoms with van der Waals surface area (Å²) in [6, 6.07) is 2.94. The number of nitrogens with one attached hydrogen (secondary N) is 2. The fourth-order valence-corrected chi connectivity index (χ4v) is 1.75. The second kappa shape index (κ2) is 3.81. The van der Waals surface area contributed by atoms with Gasteiger partial charge in [-0.3, -0.25) is 4.79 Å². The summed E-state index contributed by atoms with van der Waals surface area (Å²) in [5, 5.41) is 5.77. The average Bonchev–Trinajstić information content (AvgIpc) is 2.31. The molecular formula is C10H10BrFN2O. The van der Waals surface area contributed by atoms with Crippen molar-refractivity contribution in [1.29, 1.82) is 0 Å². The van der Waals surface area contributed by atoms with Crippen LogP contribution in [0.5, 0.6) is 0 Å². The zero-order chi connectivity index (χ0) is 11.0. The van der Waals surface area contributed by atoms with Gasteiger partial charge in [0.1, 0.15) is 5.82 Å². The molecule has 1 atom stereocenters. The van der Waals surface area contributed by atoms with Crippen LogP contribution in [-0.2, 0) is 4.79 Å². The first-order chi connectivity index (χ1) is 7.08. The molecule has 1 aliphatic heterocycles. The van der Waals surface area contributed by atoms with Gasteiger partial charge in [0.05, 0.1) is 21.8 Å². The van der Waals surface area contributed by atoms with Gasteiger partial charge in [0.25, 0.3) is 0 Å². The Morgan fingerprint density at radius 2 is 2.20 bits per heavy atom. The molecule has 1 aliphatic rings. The SMILES string of the molecule is CC1CNc2cc(Br)c(F)cc2NC1=O. The van der Waals surface area contributed by atoms with E-state index in [-0.39, 0.29) is 17.6 Å². The Morgan fingerprint density at radius 1 is 1.47 bits per heavy atom. The smallest absolute Gasteiger partial charge is 0.229 e. The summed E-state index contributed by atoms with van der Waals surface area (Å²) in [6.45, 7) is 2.37. The summed E-state index contributed by atoms with van der Waals surface area (Å²) in [4.78, 5) is 11.5. The highest BCUT2D eigenvalue weighted by Crippen LogP contribution is 2.30. The van der Waals surface area contributed by atoms with Gasteiger partial charge in [0, 0.05) is 12.6 Å². The molecule has 2 N–H and O–H groups in total. The number of rotatable bonds is 0. The number of amides is 1. The van der Waals surface area contributed by atoms with Crippen molar-refractivity contribution in [1.82, 2.24) is 0 Å². The molecule has 1 aromatic carbocycles. The highest BCUT2D eigenvalue weighted by Gasteiger charge is 2.20. The first-order valence-electron chi connectivity index (χ1n) is 4.61. The van der Waals surface area contributed by atoms with Gasteiger partial charge in [-0.05, 0) is 22.0 Å². The van der Waals surface area contributed by atoms with Gasteiger partial charge >= 0.3 is 0 Å². The monoisotopic (exact) mass is 272 g/mol. The Kier molecular flexibility index (Phi) is 2.65. The largest absolute Gasteiger partial charge is 0.383 e. The molecule has 1 heterocycles. The molecule has 0 fully saturated rings. The molecule has 0 spiro atoms. The van der Waals surface area contributed by atoms with Gasteiger partial charge < -0.3 is 10.6 Å². The fraction of sp³-hybridized carbons (Fsp3) is 0.300. The van der Waals surface area contributed by atoms with Crippen LogP contribution in [0.2, 0.25) is 0 Å². The van der Waals surface area contributed by atoms with Crippen LogP contribution >= 0.6 is 15.9 Å². The third-order valence-corrected chi connectivity index (χ3v) is 2.97. The van der Waals surface area contributed by atoms with Crippen LogP contribution in [0, 0.1) is 11.7 Å². The Labute approximate surface area is 95.2 Å². The molecule has 0 bridgehead atoms. The van der Waals surface area contributed by atoms with E-state index in [9.17, 15) is 9.18 Å². The number of anilines is 2. The second-order valence-electron chi connectivity index (χ2n) is 3.58. The highest BCUT2D eigenvalue weighted by atomic mass is 79.9. The van der Waals surface area contributed by atoms with Crippen molar-refractivity contribution in [3.8, 4) is 0 Å². The van der Waals surface area contributed by atoms with Gasteiger partial charge in [0.15, 0.2) is 0 Å². The molecule has 0 saturated carbocycles. The van der Waals surface area contributed by atoms with Crippen LogP contribution in [0.15, 0.2) is 16.6 Å². The lowest BCUT2D eigenvalue weighted by atomic mass is 10.2. The summed E-state index contributed by atoms with van der Waals surface area (Å²) in [6.07, 6.45) is 0. The van der Waals surface area contributed by atoms with E-state index in [2.05, 4.69) is 26.6 Å². The Hall–Kier alpha value is -1.10. The zero-order valence-electron chi connectivity index (χ0n) is 8.10. The van der Waals surface area contributed by atoms with Crippen molar-refractivity contribution in [2.24, 2.45) is 5.92 Å². The molecule has 1 aromatic rings. The summed E-state index contributed by atoms with van der Waals surface area (Å²) in [7, 11) is 0. The van der Waals surface area contributed by atoms with E-state index < -0.39 is 0 Å². The quantitative estimate of drug-likeness (QED) is 0.762. The third kappa shape index (κ3) is 1.97. The summed E-state index contributed by atoms with van der Waals surface area (Å²) in [5.41, 5.74) is 1.23. The number of benzene rings is 1.